The van der Waals surface area contributed by atoms with Gasteiger partial charge in [-0.2, -0.15) is 0 Å². The monoisotopic (exact) mass is 284 g/mol. The molecule has 3 rings (SSSR count). The molecular weight excluding hydrogens is 272 g/mol. The molecule has 3 heteroatoms. The number of benzene rings is 2. The van der Waals surface area contributed by atoms with Crippen LogP contribution in [0.15, 0.2) is 71.3 Å². The van der Waals surface area contributed by atoms with Crippen molar-refractivity contribution in [3.05, 3.63) is 83.3 Å². The van der Waals surface area contributed by atoms with E-state index in [-0.39, 0.29) is 5.22 Å². The third-order valence-corrected chi connectivity index (χ3v) is 3.58. The lowest BCUT2D eigenvalue weighted by molar-refractivity contribution is 0.219. The Morgan fingerprint density at radius 3 is 2.10 bits per heavy atom. The number of hydrogen-bond donors (Lipinski definition) is 1. The maximum absolute atomic E-state index is 10.3. The predicted octanol–water partition coefficient (Wildman–Crippen LogP) is 4.68. The van der Waals surface area contributed by atoms with Gasteiger partial charge in [0.05, 0.1) is 6.26 Å². The Bertz CT molecular complexity index is 687. The fraction of sp³-hybridized carbons (Fsp3) is 0.0588. The number of furan rings is 1. The summed E-state index contributed by atoms with van der Waals surface area (Å²) in [5.74, 6) is 0. The molecule has 1 unspecified atom stereocenters. The van der Waals surface area contributed by atoms with Crippen molar-refractivity contribution in [2.75, 3.05) is 0 Å². The molecule has 0 fully saturated rings. The minimum atomic E-state index is -0.772. The van der Waals surface area contributed by atoms with Gasteiger partial charge in [0.2, 0.25) is 0 Å². The van der Waals surface area contributed by atoms with Gasteiger partial charge in [-0.3, -0.25) is 0 Å². The van der Waals surface area contributed by atoms with E-state index in [1.165, 1.54) is 6.26 Å². The van der Waals surface area contributed by atoms with Gasteiger partial charge < -0.3 is 9.52 Å². The van der Waals surface area contributed by atoms with Crippen molar-refractivity contribution in [3.8, 4) is 11.1 Å². The van der Waals surface area contributed by atoms with E-state index in [1.54, 1.807) is 6.07 Å². The van der Waals surface area contributed by atoms with Crippen LogP contribution in [-0.4, -0.2) is 5.11 Å². The molecule has 1 aromatic heterocycles. The van der Waals surface area contributed by atoms with Crippen LogP contribution in [0.2, 0.25) is 5.22 Å². The summed E-state index contributed by atoms with van der Waals surface area (Å²) >= 11 is 5.89. The van der Waals surface area contributed by atoms with Crippen LogP contribution in [-0.2, 0) is 0 Å². The van der Waals surface area contributed by atoms with E-state index >= 15 is 0 Å². The number of aliphatic hydroxyl groups excluding tert-OH is 1. The third-order valence-electron chi connectivity index (χ3n) is 3.27. The highest BCUT2D eigenvalue weighted by Crippen LogP contribution is 2.30. The van der Waals surface area contributed by atoms with Crippen LogP contribution in [0.3, 0.4) is 0 Å². The smallest absolute Gasteiger partial charge is 0.199 e. The molecule has 2 nitrogen and oxygen atoms in total. The topological polar surface area (TPSA) is 33.4 Å². The lowest BCUT2D eigenvalue weighted by Crippen LogP contribution is -1.98. The second-order valence-corrected chi connectivity index (χ2v) is 4.88. The molecule has 1 heterocycles. The van der Waals surface area contributed by atoms with Crippen molar-refractivity contribution in [2.24, 2.45) is 0 Å². The highest BCUT2D eigenvalue weighted by atomic mass is 35.5. The van der Waals surface area contributed by atoms with Gasteiger partial charge >= 0.3 is 0 Å². The van der Waals surface area contributed by atoms with E-state index in [1.807, 2.05) is 42.5 Å². The van der Waals surface area contributed by atoms with E-state index in [2.05, 4.69) is 12.1 Å². The number of aliphatic hydroxyl groups is 1. The molecule has 0 bridgehead atoms. The molecule has 1 N–H and O–H groups in total. The zero-order valence-corrected chi connectivity index (χ0v) is 11.4. The zero-order valence-electron chi connectivity index (χ0n) is 10.7. The van der Waals surface area contributed by atoms with E-state index in [0.717, 1.165) is 16.7 Å². The van der Waals surface area contributed by atoms with Gasteiger partial charge in [-0.25, -0.2) is 0 Å². The average Bonchev–Trinajstić information content (AvgIpc) is 2.94. The molecule has 1 atom stereocenters. The maximum atomic E-state index is 10.3. The fourth-order valence-electron chi connectivity index (χ4n) is 2.17. The first kappa shape index (κ1) is 13.0. The Morgan fingerprint density at radius 2 is 1.50 bits per heavy atom. The van der Waals surface area contributed by atoms with Gasteiger partial charge in [-0.05, 0) is 34.4 Å². The first-order chi connectivity index (χ1) is 9.75. The van der Waals surface area contributed by atoms with Gasteiger partial charge in [0.15, 0.2) is 5.22 Å². The Labute approximate surface area is 122 Å². The van der Waals surface area contributed by atoms with Crippen LogP contribution in [0.25, 0.3) is 11.1 Å². The Hall–Kier alpha value is -2.03. The predicted molar refractivity (Wildman–Crippen MR) is 79.7 cm³/mol. The molecule has 20 heavy (non-hydrogen) atoms. The Kier molecular flexibility index (Phi) is 3.59. The standard InChI is InChI=1S/C17H13ClO2/c18-17-15(10-11-20-17)16(19)14-8-6-13(7-9-14)12-4-2-1-3-5-12/h1-11,16,19H. The lowest BCUT2D eigenvalue weighted by atomic mass is 10.00. The van der Waals surface area contributed by atoms with Crippen LogP contribution < -0.4 is 0 Å². The van der Waals surface area contributed by atoms with E-state index in [9.17, 15) is 5.11 Å². The quantitative estimate of drug-likeness (QED) is 0.757. The van der Waals surface area contributed by atoms with Crippen molar-refractivity contribution in [3.63, 3.8) is 0 Å². The van der Waals surface area contributed by atoms with Crippen molar-refractivity contribution < 1.29 is 9.52 Å². The Balaban J connectivity index is 1.89. The summed E-state index contributed by atoms with van der Waals surface area (Å²) in [6, 6.07) is 19.6. The molecular formula is C17H13ClO2. The summed E-state index contributed by atoms with van der Waals surface area (Å²) in [6.45, 7) is 0. The molecule has 100 valence electrons. The van der Waals surface area contributed by atoms with E-state index < -0.39 is 6.10 Å². The molecule has 0 aliphatic carbocycles. The van der Waals surface area contributed by atoms with Crippen molar-refractivity contribution in [1.29, 1.82) is 0 Å². The zero-order chi connectivity index (χ0) is 13.9. The van der Waals surface area contributed by atoms with Crippen LogP contribution in [0, 0.1) is 0 Å². The van der Waals surface area contributed by atoms with E-state index in [4.69, 9.17) is 16.0 Å². The summed E-state index contributed by atoms with van der Waals surface area (Å²) in [5.41, 5.74) is 3.63. The van der Waals surface area contributed by atoms with Gasteiger partial charge in [-0.15, -0.1) is 0 Å². The van der Waals surface area contributed by atoms with Gasteiger partial charge in [0.25, 0.3) is 0 Å². The molecule has 0 aliphatic rings. The summed E-state index contributed by atoms with van der Waals surface area (Å²) in [5, 5.41) is 10.5. The molecule has 0 aliphatic heterocycles. The first-order valence-corrected chi connectivity index (χ1v) is 6.70. The fourth-order valence-corrected chi connectivity index (χ4v) is 2.39. The average molecular weight is 285 g/mol. The summed E-state index contributed by atoms with van der Waals surface area (Å²) in [7, 11) is 0. The van der Waals surface area contributed by atoms with E-state index in [0.29, 0.717) is 5.56 Å². The second-order valence-electron chi connectivity index (χ2n) is 4.54. The summed E-state index contributed by atoms with van der Waals surface area (Å²) in [4.78, 5) is 0. The van der Waals surface area contributed by atoms with Crippen molar-refractivity contribution in [2.45, 2.75) is 6.10 Å². The minimum Gasteiger partial charge on any atom is -0.453 e. The minimum absolute atomic E-state index is 0.227. The highest BCUT2D eigenvalue weighted by Gasteiger charge is 2.16. The van der Waals surface area contributed by atoms with Crippen LogP contribution in [0.1, 0.15) is 17.2 Å². The molecule has 0 amide bonds. The largest absolute Gasteiger partial charge is 0.453 e. The van der Waals surface area contributed by atoms with Gasteiger partial charge in [0.1, 0.15) is 6.10 Å². The number of halogens is 1. The van der Waals surface area contributed by atoms with Crippen LogP contribution >= 0.6 is 11.6 Å². The maximum Gasteiger partial charge on any atom is 0.199 e. The van der Waals surface area contributed by atoms with Crippen LogP contribution in [0.5, 0.6) is 0 Å². The van der Waals surface area contributed by atoms with Gasteiger partial charge in [0, 0.05) is 5.56 Å². The van der Waals surface area contributed by atoms with Gasteiger partial charge in [-0.1, -0.05) is 54.6 Å². The van der Waals surface area contributed by atoms with Crippen molar-refractivity contribution in [1.82, 2.24) is 0 Å². The molecule has 2 aromatic carbocycles. The van der Waals surface area contributed by atoms with Crippen LogP contribution in [0.4, 0.5) is 0 Å². The third kappa shape index (κ3) is 2.48. The summed E-state index contributed by atoms with van der Waals surface area (Å²) < 4.78 is 5.01. The number of rotatable bonds is 3. The number of hydrogen-bond acceptors (Lipinski definition) is 2. The Morgan fingerprint density at radius 1 is 0.850 bits per heavy atom. The second kappa shape index (κ2) is 5.53. The molecule has 3 aromatic rings. The highest BCUT2D eigenvalue weighted by molar-refractivity contribution is 6.29. The molecule has 0 spiro atoms. The molecule has 0 saturated heterocycles. The molecule has 0 saturated carbocycles. The first-order valence-electron chi connectivity index (χ1n) is 6.32. The summed E-state index contributed by atoms with van der Waals surface area (Å²) in [6.07, 6.45) is 0.699. The SMILES string of the molecule is OC(c1ccc(-c2ccccc2)cc1)c1ccoc1Cl. The van der Waals surface area contributed by atoms with Crippen molar-refractivity contribution >= 4 is 11.6 Å². The normalized spacial score (nSPS) is 12.3. The molecule has 0 radical (unpaired) electrons. The lowest BCUT2D eigenvalue weighted by Gasteiger charge is -2.10.